The van der Waals surface area contributed by atoms with Gasteiger partial charge in [0.25, 0.3) is 0 Å². The first-order valence-corrected chi connectivity index (χ1v) is 22.1. The van der Waals surface area contributed by atoms with Gasteiger partial charge in [-0.15, -0.1) is 34.0 Å². The average molecular weight is 965 g/mol. The van der Waals surface area contributed by atoms with E-state index < -0.39 is 69.7 Å². The van der Waals surface area contributed by atoms with Crippen molar-refractivity contribution in [2.45, 2.75) is 25.6 Å². The normalized spacial score (nSPS) is 15.1. The van der Waals surface area contributed by atoms with E-state index in [4.69, 9.17) is 9.47 Å². The molecule has 3 heterocycles. The van der Waals surface area contributed by atoms with Crippen LogP contribution in [0.2, 0.25) is 0 Å². The Bertz CT molecular complexity index is 3570. The Morgan fingerprint density at radius 2 is 0.985 bits per heavy atom. The summed E-state index contributed by atoms with van der Waals surface area (Å²) in [5.41, 5.74) is -2.73. The predicted molar refractivity (Wildman–Crippen MR) is 237 cm³/mol. The third kappa shape index (κ3) is 7.63. The Balaban J connectivity index is 1.18. The number of rotatable bonds is 8. The maximum atomic E-state index is 14.6. The quantitative estimate of drug-likeness (QED) is 0.0624. The second-order valence-electron chi connectivity index (χ2n) is 15.0. The van der Waals surface area contributed by atoms with E-state index in [1.807, 2.05) is 0 Å². The minimum atomic E-state index is -4.80. The van der Waals surface area contributed by atoms with Gasteiger partial charge in [-0.05, 0) is 58.7 Å². The Hall–Kier alpha value is -7.48. The van der Waals surface area contributed by atoms with E-state index in [2.05, 4.69) is 9.97 Å². The summed E-state index contributed by atoms with van der Waals surface area (Å²) in [6, 6.07) is 22.1. The highest BCUT2D eigenvalue weighted by Gasteiger charge is 2.40. The van der Waals surface area contributed by atoms with E-state index in [-0.39, 0.29) is 81.8 Å². The Morgan fingerprint density at radius 1 is 0.522 bits per heavy atom. The fourth-order valence-electron chi connectivity index (χ4n) is 7.75. The zero-order valence-electron chi connectivity index (χ0n) is 33.5. The molecular formula is C48H22F6N2O8S3. The molecule has 0 saturated heterocycles. The van der Waals surface area contributed by atoms with E-state index in [0.29, 0.717) is 28.0 Å². The van der Waals surface area contributed by atoms with Crippen molar-refractivity contribution in [2.75, 3.05) is 0 Å². The maximum Gasteiger partial charge on any atom is 0.416 e. The molecule has 8 aromatic rings. The molecule has 2 aliphatic rings. The molecule has 0 amide bonds. The van der Waals surface area contributed by atoms with E-state index in [9.17, 15) is 55.1 Å². The number of thiazole rings is 2. The molecule has 2 aliphatic carbocycles. The van der Waals surface area contributed by atoms with Crippen LogP contribution in [0.1, 0.15) is 84.8 Å². The molecule has 0 radical (unpaired) electrons. The summed E-state index contributed by atoms with van der Waals surface area (Å²) in [7, 11) is 0. The number of halogens is 6. The lowest BCUT2D eigenvalue weighted by molar-refractivity contribution is -0.138. The number of carbonyl (C=O) groups excluding carboxylic acids is 6. The van der Waals surface area contributed by atoms with Crippen LogP contribution in [0.25, 0.3) is 53.1 Å². The minimum absolute atomic E-state index is 0.0199. The number of nitrogens with zero attached hydrogens (tertiary/aromatic N) is 2. The highest BCUT2D eigenvalue weighted by atomic mass is 32.1. The van der Waals surface area contributed by atoms with Crippen LogP contribution < -0.4 is 0 Å². The number of ether oxygens (including phenoxy) is 2. The molecule has 3 aromatic heterocycles. The van der Waals surface area contributed by atoms with E-state index in [1.165, 1.54) is 12.2 Å². The lowest BCUT2D eigenvalue weighted by atomic mass is 10.0. The van der Waals surface area contributed by atoms with Crippen LogP contribution in [-0.2, 0) is 44.6 Å². The number of fused-ring (bicyclic) bond motifs is 6. The first kappa shape index (κ1) is 43.4. The van der Waals surface area contributed by atoms with Crippen LogP contribution in [0.4, 0.5) is 26.3 Å². The van der Waals surface area contributed by atoms with Gasteiger partial charge in [0.05, 0.1) is 36.3 Å². The topological polar surface area (TPSA) is 147 Å². The van der Waals surface area contributed by atoms with Crippen LogP contribution >= 0.6 is 34.0 Å². The minimum Gasteiger partial charge on any atom is -0.457 e. The lowest BCUT2D eigenvalue weighted by Gasteiger charge is -2.11. The van der Waals surface area contributed by atoms with Gasteiger partial charge in [-0.2, -0.15) is 26.3 Å². The molecule has 10 rings (SSSR count). The number of hydrogen-bond acceptors (Lipinski definition) is 13. The Kier molecular flexibility index (Phi) is 10.5. The zero-order valence-corrected chi connectivity index (χ0v) is 35.9. The highest BCUT2D eigenvalue weighted by Crippen LogP contribution is 2.48. The van der Waals surface area contributed by atoms with Gasteiger partial charge in [-0.1, -0.05) is 72.8 Å². The highest BCUT2D eigenvalue weighted by molar-refractivity contribution is 7.33. The average Bonchev–Trinajstić information content (AvgIpc) is 4.09. The van der Waals surface area contributed by atoms with Gasteiger partial charge >= 0.3 is 24.3 Å². The van der Waals surface area contributed by atoms with Crippen molar-refractivity contribution < 1.29 is 64.6 Å². The standard InChI is InChI=1S/C48H22F6N2O8S3/c49-47(50,51)23-11-13-25-27(15-23)37(57)39(59)29(25)17-31-55-36-35(46(62)64-20-22-9-5-2-6-10-22)41-33(34(42(36)65-31)45(61)63-19-21-7-3-1-4-8-21)43-44(67-41)56-32(66-43)18-30-26-14-12-24(48(52,53)54)16-28(26)38(58)40(30)60/h1-18H,19-20H2/b29-17-,30-18-. The molecular weight excluding hydrogens is 943 g/mol. The fourth-order valence-corrected chi connectivity index (χ4v) is 11.3. The van der Waals surface area contributed by atoms with Crippen LogP contribution in [0.15, 0.2) is 97.1 Å². The number of allylic oxidation sites excluding steroid dienone is 2. The molecule has 67 heavy (non-hydrogen) atoms. The van der Waals surface area contributed by atoms with Gasteiger partial charge in [-0.3, -0.25) is 19.2 Å². The number of thiophene rings is 1. The molecule has 5 aromatic carbocycles. The largest absolute Gasteiger partial charge is 0.457 e. The van der Waals surface area contributed by atoms with Crippen LogP contribution in [0.3, 0.4) is 0 Å². The van der Waals surface area contributed by atoms with Crippen LogP contribution in [0.5, 0.6) is 0 Å². The van der Waals surface area contributed by atoms with Crippen molar-refractivity contribution in [3.63, 3.8) is 0 Å². The first-order valence-electron chi connectivity index (χ1n) is 19.6. The van der Waals surface area contributed by atoms with Crippen molar-refractivity contribution in [3.05, 3.63) is 163 Å². The van der Waals surface area contributed by atoms with Crippen molar-refractivity contribution in [1.29, 1.82) is 0 Å². The van der Waals surface area contributed by atoms with Gasteiger partial charge in [0.1, 0.15) is 33.6 Å². The monoisotopic (exact) mass is 964 g/mol. The number of hydrogen-bond donors (Lipinski definition) is 0. The number of esters is 2. The lowest BCUT2D eigenvalue weighted by Crippen LogP contribution is -2.10. The summed E-state index contributed by atoms with van der Waals surface area (Å²) >= 11 is 2.72. The van der Waals surface area contributed by atoms with Crippen molar-refractivity contribution in [2.24, 2.45) is 0 Å². The molecule has 0 atom stereocenters. The van der Waals surface area contributed by atoms with E-state index >= 15 is 0 Å². The fraction of sp³-hybridized carbons (Fsp3) is 0.0833. The summed E-state index contributed by atoms with van der Waals surface area (Å²) in [4.78, 5) is 91.1. The second kappa shape index (κ2) is 16.1. The number of benzene rings is 5. The third-order valence-electron chi connectivity index (χ3n) is 10.9. The third-order valence-corrected chi connectivity index (χ3v) is 14.2. The summed E-state index contributed by atoms with van der Waals surface area (Å²) in [6.07, 6.45) is -7.12. The van der Waals surface area contributed by atoms with Gasteiger partial charge in [0, 0.05) is 27.7 Å². The summed E-state index contributed by atoms with van der Waals surface area (Å²) in [5, 5.41) is 0.257. The van der Waals surface area contributed by atoms with E-state index in [0.717, 1.165) is 58.3 Å². The van der Waals surface area contributed by atoms with Crippen LogP contribution in [0, 0.1) is 0 Å². The molecule has 0 bridgehead atoms. The molecule has 0 unspecified atom stereocenters. The molecule has 0 saturated carbocycles. The molecule has 0 aliphatic heterocycles. The summed E-state index contributed by atoms with van der Waals surface area (Å²) in [5.74, 6) is -6.22. The van der Waals surface area contributed by atoms with Gasteiger partial charge in [-0.25, -0.2) is 19.6 Å². The Labute approximate surface area is 383 Å². The Morgan fingerprint density at radius 3 is 1.48 bits per heavy atom. The maximum absolute atomic E-state index is 14.6. The number of Topliss-reactive ketones (excluding diaryl/α,β-unsaturated/α-hetero) is 4. The smallest absolute Gasteiger partial charge is 0.416 e. The molecule has 10 nitrogen and oxygen atoms in total. The number of aromatic nitrogens is 2. The molecule has 0 fully saturated rings. The number of ketones is 4. The van der Waals surface area contributed by atoms with Gasteiger partial charge < -0.3 is 9.47 Å². The van der Waals surface area contributed by atoms with Crippen molar-refractivity contribution in [3.8, 4) is 0 Å². The molecule has 332 valence electrons. The predicted octanol–water partition coefficient (Wildman–Crippen LogP) is 11.5. The van der Waals surface area contributed by atoms with Crippen LogP contribution in [-0.4, -0.2) is 45.0 Å². The second-order valence-corrected chi connectivity index (χ2v) is 18.1. The first-order chi connectivity index (χ1) is 32.0. The van der Waals surface area contributed by atoms with Gasteiger partial charge in [0.15, 0.2) is 0 Å². The zero-order chi connectivity index (χ0) is 47.1. The summed E-state index contributed by atoms with van der Waals surface area (Å²) in [6.45, 7) is -0.391. The number of alkyl halides is 6. The molecule has 0 spiro atoms. The molecule has 0 N–H and O–H groups in total. The van der Waals surface area contributed by atoms with Gasteiger partial charge in [0.2, 0.25) is 23.1 Å². The van der Waals surface area contributed by atoms with Crippen molar-refractivity contribution >= 4 is 122 Å². The molecule has 19 heteroatoms. The van der Waals surface area contributed by atoms with E-state index in [1.54, 1.807) is 60.7 Å². The number of carbonyl (C=O) groups is 6. The van der Waals surface area contributed by atoms with Crippen molar-refractivity contribution in [1.82, 2.24) is 9.97 Å². The summed E-state index contributed by atoms with van der Waals surface area (Å²) < 4.78 is 93.6. The SMILES string of the molecule is O=C1C(=O)c2cc(C(F)(F)F)ccc2/C1=C/c1nc2c(C(=O)OCc3ccccc3)c3sc4nc(/C=C5\C(=O)C(=O)c6cc(C(F)(F)F)ccc65)sc4c3c(C(=O)OCc3ccccc3)c2s1.